The molecule has 3 nitrogen and oxygen atoms in total. The highest BCUT2D eigenvalue weighted by atomic mass is 28.4. The van der Waals surface area contributed by atoms with E-state index in [0.29, 0.717) is 6.42 Å². The summed E-state index contributed by atoms with van der Waals surface area (Å²) in [6, 6.07) is 17.5. The van der Waals surface area contributed by atoms with Gasteiger partial charge in [0.25, 0.3) is 0 Å². The first-order valence-electron chi connectivity index (χ1n) is 11.0. The smallest absolute Gasteiger partial charge is 0.377 e. The number of fused-ring (bicyclic) bond motifs is 5. The van der Waals surface area contributed by atoms with Crippen molar-refractivity contribution in [3.63, 3.8) is 0 Å². The molecule has 0 N–H and O–H groups in total. The van der Waals surface area contributed by atoms with Gasteiger partial charge in [0, 0.05) is 33.8 Å². The van der Waals surface area contributed by atoms with Gasteiger partial charge >= 0.3 is 8.80 Å². The van der Waals surface area contributed by atoms with Crippen LogP contribution >= 0.6 is 0 Å². The van der Waals surface area contributed by atoms with Crippen LogP contribution in [0.1, 0.15) is 49.9 Å². The molecule has 0 radical (unpaired) electrons. The molecule has 1 aliphatic rings. The van der Waals surface area contributed by atoms with E-state index in [1.807, 2.05) is 18.2 Å². The van der Waals surface area contributed by atoms with E-state index >= 15 is 0 Å². The van der Waals surface area contributed by atoms with Crippen molar-refractivity contribution in [1.82, 2.24) is 0 Å². The molecular formula is C26H33FO3Si. The van der Waals surface area contributed by atoms with Crippen molar-refractivity contribution in [2.75, 3.05) is 21.3 Å². The minimum atomic E-state index is -2.25. The first-order chi connectivity index (χ1) is 15.1. The van der Waals surface area contributed by atoms with Crippen LogP contribution in [0, 0.1) is 0 Å². The zero-order valence-electron chi connectivity index (χ0n) is 19.0. The molecule has 0 heterocycles. The number of alkyl halides is 1. The Bertz CT molecular complexity index is 1020. The van der Waals surface area contributed by atoms with Crippen molar-refractivity contribution in [2.45, 2.75) is 44.8 Å². The molecule has 0 bridgehead atoms. The Labute approximate surface area is 186 Å². The van der Waals surface area contributed by atoms with Crippen molar-refractivity contribution >= 4 is 36.4 Å². The molecule has 166 valence electrons. The third-order valence-corrected chi connectivity index (χ3v) is 8.82. The van der Waals surface area contributed by atoms with Crippen LogP contribution in [-0.4, -0.2) is 30.1 Å². The maximum absolute atomic E-state index is 14.0. The van der Waals surface area contributed by atoms with E-state index in [1.54, 1.807) is 21.3 Å². The number of benzene rings is 3. The van der Waals surface area contributed by atoms with E-state index in [4.69, 9.17) is 13.3 Å². The Morgan fingerprint density at radius 1 is 0.871 bits per heavy atom. The van der Waals surface area contributed by atoms with Crippen LogP contribution in [0.3, 0.4) is 0 Å². The number of allylic oxidation sites excluding steroid dienone is 1. The molecule has 1 unspecified atom stereocenters. The molecule has 1 atom stereocenters. The van der Waals surface area contributed by atoms with Crippen molar-refractivity contribution < 1.29 is 17.7 Å². The molecule has 0 amide bonds. The van der Waals surface area contributed by atoms with Crippen molar-refractivity contribution in [1.29, 1.82) is 0 Å². The summed E-state index contributed by atoms with van der Waals surface area (Å²) in [6.07, 6.45) is 7.16. The Morgan fingerprint density at radius 2 is 1.58 bits per heavy atom. The van der Waals surface area contributed by atoms with E-state index in [1.165, 1.54) is 29.0 Å². The monoisotopic (exact) mass is 440 g/mol. The van der Waals surface area contributed by atoms with Crippen LogP contribution in [-0.2, 0) is 13.3 Å². The predicted molar refractivity (Wildman–Crippen MR) is 130 cm³/mol. The fourth-order valence-electron chi connectivity index (χ4n) is 4.17. The Balaban J connectivity index is 0.000000199. The van der Waals surface area contributed by atoms with Crippen LogP contribution in [0.2, 0.25) is 6.04 Å². The molecule has 0 spiro atoms. The average molecular weight is 441 g/mol. The minimum Gasteiger partial charge on any atom is -0.377 e. The molecule has 3 aromatic carbocycles. The lowest BCUT2D eigenvalue weighted by Crippen LogP contribution is -2.42. The fraction of sp³-hybridized carbons (Fsp3) is 0.385. The van der Waals surface area contributed by atoms with Gasteiger partial charge in [0.1, 0.15) is 6.17 Å². The highest BCUT2D eigenvalue weighted by Gasteiger charge is 2.36. The van der Waals surface area contributed by atoms with E-state index < -0.39 is 15.0 Å². The Kier molecular flexibility index (Phi) is 8.38. The van der Waals surface area contributed by atoms with Crippen LogP contribution in [0.5, 0.6) is 0 Å². The standard InChI is InChI=1S/C18H13F.C8H20O3Si/c19-18-7-3-6-14-16-9-8-12-4-1-2-5-13(12)15(16)10-11-17(14)18;1-5-6-7-8-12(9-2,10-3)11-4/h1-6,8-11,18H,7H2;5-8H2,1-4H3. The molecule has 31 heavy (non-hydrogen) atoms. The minimum absolute atomic E-state index is 0.492. The van der Waals surface area contributed by atoms with Crippen LogP contribution in [0.15, 0.2) is 54.6 Å². The van der Waals surface area contributed by atoms with Gasteiger partial charge in [0.05, 0.1) is 0 Å². The molecule has 1 aliphatic carbocycles. The van der Waals surface area contributed by atoms with E-state index in [9.17, 15) is 4.39 Å². The van der Waals surface area contributed by atoms with E-state index in [-0.39, 0.29) is 0 Å². The third kappa shape index (κ3) is 5.24. The summed E-state index contributed by atoms with van der Waals surface area (Å²) in [5.74, 6) is 0. The zero-order chi connectivity index (χ0) is 22.3. The molecule has 4 rings (SSSR count). The highest BCUT2D eigenvalue weighted by Crippen LogP contribution is 2.37. The molecule has 5 heteroatoms. The molecule has 0 aromatic heterocycles. The maximum atomic E-state index is 14.0. The summed E-state index contributed by atoms with van der Waals surface area (Å²) >= 11 is 0. The average Bonchev–Trinajstić information content (AvgIpc) is 2.82. The Hall–Kier alpha value is -2.05. The normalized spacial score (nSPS) is 15.6. The number of hydrogen-bond donors (Lipinski definition) is 0. The molecule has 0 fully saturated rings. The van der Waals surface area contributed by atoms with Gasteiger partial charge in [-0.25, -0.2) is 4.39 Å². The Morgan fingerprint density at radius 3 is 2.29 bits per heavy atom. The maximum Gasteiger partial charge on any atom is 0.500 e. The van der Waals surface area contributed by atoms with Gasteiger partial charge in [-0.3, -0.25) is 0 Å². The summed E-state index contributed by atoms with van der Waals surface area (Å²) < 4.78 is 29.8. The molecule has 0 saturated carbocycles. The van der Waals surface area contributed by atoms with Gasteiger partial charge in [-0.1, -0.05) is 80.4 Å². The number of halogens is 1. The SMILES string of the molecule is CCCCC[Si](OC)(OC)OC.FC1CC=Cc2c1ccc1c2ccc2ccccc21. The van der Waals surface area contributed by atoms with Gasteiger partial charge in [0.15, 0.2) is 0 Å². The second-order valence-electron chi connectivity index (χ2n) is 7.81. The summed E-state index contributed by atoms with van der Waals surface area (Å²) in [6.45, 7) is 2.18. The van der Waals surface area contributed by atoms with E-state index in [2.05, 4.69) is 49.4 Å². The topological polar surface area (TPSA) is 27.7 Å². The molecule has 0 saturated heterocycles. The van der Waals surface area contributed by atoms with Crippen molar-refractivity contribution in [3.8, 4) is 0 Å². The molecule has 0 aliphatic heterocycles. The summed E-state index contributed by atoms with van der Waals surface area (Å²) in [5.41, 5.74) is 1.87. The second kappa shape index (κ2) is 11.0. The third-order valence-electron chi connectivity index (χ3n) is 5.99. The molecular weight excluding hydrogens is 407 g/mol. The van der Waals surface area contributed by atoms with Gasteiger partial charge < -0.3 is 13.3 Å². The van der Waals surface area contributed by atoms with E-state index in [0.717, 1.165) is 29.0 Å². The zero-order valence-corrected chi connectivity index (χ0v) is 20.0. The van der Waals surface area contributed by atoms with Crippen molar-refractivity contribution in [2.24, 2.45) is 0 Å². The van der Waals surface area contributed by atoms with Gasteiger partial charge in [-0.05, 0) is 39.1 Å². The molecule has 3 aromatic rings. The first kappa shape index (κ1) is 23.6. The number of rotatable bonds is 7. The summed E-state index contributed by atoms with van der Waals surface area (Å²) in [7, 11) is 2.72. The van der Waals surface area contributed by atoms with Gasteiger partial charge in [0.2, 0.25) is 0 Å². The fourth-order valence-corrected chi connectivity index (χ4v) is 5.96. The van der Waals surface area contributed by atoms with Gasteiger partial charge in [-0.15, -0.1) is 0 Å². The quantitative estimate of drug-likeness (QED) is 0.217. The lowest BCUT2D eigenvalue weighted by atomic mass is 9.89. The predicted octanol–water partition coefficient (Wildman–Crippen LogP) is 7.48. The summed E-state index contributed by atoms with van der Waals surface area (Å²) in [5, 5.41) is 4.81. The van der Waals surface area contributed by atoms with Crippen LogP contribution < -0.4 is 0 Å². The second-order valence-corrected chi connectivity index (χ2v) is 10.9. The summed E-state index contributed by atoms with van der Waals surface area (Å²) in [4.78, 5) is 0. The van der Waals surface area contributed by atoms with Crippen molar-refractivity contribution in [3.05, 3.63) is 65.7 Å². The first-order valence-corrected chi connectivity index (χ1v) is 12.9. The number of unbranched alkanes of at least 4 members (excludes halogenated alkanes) is 2. The lowest BCUT2D eigenvalue weighted by molar-refractivity contribution is 0.123. The van der Waals surface area contributed by atoms with Gasteiger partial charge in [-0.2, -0.15) is 0 Å². The number of hydrogen-bond acceptors (Lipinski definition) is 3. The highest BCUT2D eigenvalue weighted by molar-refractivity contribution is 6.60. The van der Waals surface area contributed by atoms with Crippen LogP contribution in [0.4, 0.5) is 4.39 Å². The lowest BCUT2D eigenvalue weighted by Gasteiger charge is -2.23. The largest absolute Gasteiger partial charge is 0.500 e. The van der Waals surface area contributed by atoms with Crippen LogP contribution in [0.25, 0.3) is 27.6 Å².